The predicted molar refractivity (Wildman–Crippen MR) is 67.4 cm³/mol. The Hall–Kier alpha value is -0.570. The summed E-state index contributed by atoms with van der Waals surface area (Å²) in [7, 11) is 0. The average molecular weight is 239 g/mol. The summed E-state index contributed by atoms with van der Waals surface area (Å²) in [5.41, 5.74) is 5.94. The molecule has 3 nitrogen and oxygen atoms in total. The van der Waals surface area contributed by atoms with Gasteiger partial charge >= 0.3 is 5.97 Å². The molecule has 3 heteroatoms. The number of nitrogens with two attached hydrogens (primary N) is 1. The fourth-order valence-corrected chi connectivity index (χ4v) is 3.09. The third kappa shape index (κ3) is 3.98. The highest BCUT2D eigenvalue weighted by atomic mass is 16.5. The minimum absolute atomic E-state index is 0.0286. The number of carbonyl (C=O) groups excluding carboxylic acids is 1. The van der Waals surface area contributed by atoms with Crippen LogP contribution in [0, 0.1) is 17.8 Å². The van der Waals surface area contributed by atoms with Crippen molar-refractivity contribution >= 4 is 5.97 Å². The molecular formula is C14H25NO2. The second kappa shape index (κ2) is 5.38. The van der Waals surface area contributed by atoms with Crippen molar-refractivity contribution in [3.63, 3.8) is 0 Å². The van der Waals surface area contributed by atoms with Crippen LogP contribution in [0.25, 0.3) is 0 Å². The van der Waals surface area contributed by atoms with E-state index >= 15 is 0 Å². The highest BCUT2D eigenvalue weighted by molar-refractivity contribution is 5.70. The molecule has 0 aromatic carbocycles. The first-order valence-electron chi connectivity index (χ1n) is 6.99. The largest absolute Gasteiger partial charge is 0.462 e. The molecule has 2 rings (SSSR count). The monoisotopic (exact) mass is 239 g/mol. The Morgan fingerprint density at radius 1 is 1.24 bits per heavy atom. The minimum atomic E-state index is -0.0873. The van der Waals surface area contributed by atoms with Crippen molar-refractivity contribution in [3.8, 4) is 0 Å². The van der Waals surface area contributed by atoms with Gasteiger partial charge in [0.1, 0.15) is 6.10 Å². The van der Waals surface area contributed by atoms with Crippen LogP contribution in [0.3, 0.4) is 0 Å². The summed E-state index contributed by atoms with van der Waals surface area (Å²) in [5, 5.41) is 0. The van der Waals surface area contributed by atoms with Crippen molar-refractivity contribution in [2.24, 2.45) is 23.5 Å². The smallest absolute Gasteiger partial charge is 0.307 e. The molecule has 0 bridgehead atoms. The number of rotatable bonds is 4. The van der Waals surface area contributed by atoms with Gasteiger partial charge in [0.2, 0.25) is 0 Å². The molecule has 0 aliphatic heterocycles. The van der Waals surface area contributed by atoms with E-state index in [1.54, 1.807) is 0 Å². The number of hydrogen-bond donors (Lipinski definition) is 1. The molecule has 0 heterocycles. The molecule has 2 fully saturated rings. The van der Waals surface area contributed by atoms with Crippen molar-refractivity contribution in [1.82, 2.24) is 0 Å². The molecule has 0 amide bonds. The van der Waals surface area contributed by atoms with Gasteiger partial charge in [0.15, 0.2) is 0 Å². The second-order valence-electron chi connectivity index (χ2n) is 6.23. The van der Waals surface area contributed by atoms with Crippen LogP contribution in [0.4, 0.5) is 0 Å². The molecule has 2 aliphatic carbocycles. The van der Waals surface area contributed by atoms with E-state index in [1.165, 1.54) is 19.3 Å². The third-order valence-corrected chi connectivity index (χ3v) is 4.06. The summed E-state index contributed by atoms with van der Waals surface area (Å²) in [6.45, 7) is 4.48. The molecule has 17 heavy (non-hydrogen) atoms. The van der Waals surface area contributed by atoms with Crippen LogP contribution in [0.15, 0.2) is 0 Å². The van der Waals surface area contributed by atoms with E-state index in [0.29, 0.717) is 24.2 Å². The molecular weight excluding hydrogens is 214 g/mol. The van der Waals surface area contributed by atoms with Crippen molar-refractivity contribution in [2.45, 2.75) is 64.5 Å². The molecule has 0 radical (unpaired) electrons. The molecule has 2 N–H and O–H groups in total. The lowest BCUT2D eigenvalue weighted by Gasteiger charge is -2.31. The van der Waals surface area contributed by atoms with Crippen LogP contribution in [0.1, 0.15) is 52.4 Å². The van der Waals surface area contributed by atoms with E-state index in [0.717, 1.165) is 12.8 Å². The summed E-state index contributed by atoms with van der Waals surface area (Å²) >= 11 is 0. The van der Waals surface area contributed by atoms with Crippen LogP contribution >= 0.6 is 0 Å². The lowest BCUT2D eigenvalue weighted by Crippen LogP contribution is -2.32. The zero-order valence-electron chi connectivity index (χ0n) is 11.0. The second-order valence-corrected chi connectivity index (χ2v) is 6.23. The first-order valence-corrected chi connectivity index (χ1v) is 6.99. The van der Waals surface area contributed by atoms with Crippen molar-refractivity contribution in [3.05, 3.63) is 0 Å². The number of carbonyl (C=O) groups is 1. The van der Waals surface area contributed by atoms with E-state index in [1.807, 2.05) is 0 Å². The van der Waals surface area contributed by atoms with Gasteiger partial charge in [-0.15, -0.1) is 0 Å². The van der Waals surface area contributed by atoms with E-state index < -0.39 is 0 Å². The highest BCUT2D eigenvalue weighted by Gasteiger charge is 2.32. The van der Waals surface area contributed by atoms with E-state index in [2.05, 4.69) is 13.8 Å². The molecule has 3 atom stereocenters. The average Bonchev–Trinajstić information content (AvgIpc) is 2.97. The zero-order chi connectivity index (χ0) is 12.4. The number of esters is 1. The maximum Gasteiger partial charge on any atom is 0.307 e. The Morgan fingerprint density at radius 3 is 2.35 bits per heavy atom. The molecule has 0 saturated heterocycles. The fourth-order valence-electron chi connectivity index (χ4n) is 3.09. The van der Waals surface area contributed by atoms with Crippen LogP contribution in [-0.2, 0) is 9.53 Å². The highest BCUT2D eigenvalue weighted by Crippen LogP contribution is 2.34. The topological polar surface area (TPSA) is 52.3 Å². The van der Waals surface area contributed by atoms with Crippen LogP contribution < -0.4 is 5.73 Å². The number of hydrogen-bond acceptors (Lipinski definition) is 3. The van der Waals surface area contributed by atoms with Crippen LogP contribution in [0.5, 0.6) is 0 Å². The van der Waals surface area contributed by atoms with Gasteiger partial charge in [-0.3, -0.25) is 4.79 Å². The van der Waals surface area contributed by atoms with E-state index in [4.69, 9.17) is 10.5 Å². The first kappa shape index (κ1) is 12.9. The van der Waals surface area contributed by atoms with Gasteiger partial charge in [-0.05, 0) is 49.9 Å². The summed E-state index contributed by atoms with van der Waals surface area (Å²) in [4.78, 5) is 11.8. The van der Waals surface area contributed by atoms with Gasteiger partial charge in [-0.1, -0.05) is 13.8 Å². The Balaban J connectivity index is 1.73. The van der Waals surface area contributed by atoms with Crippen LogP contribution in [0.2, 0.25) is 0 Å². The molecule has 0 aromatic rings. The van der Waals surface area contributed by atoms with Crippen molar-refractivity contribution in [2.75, 3.05) is 0 Å². The minimum Gasteiger partial charge on any atom is -0.462 e. The zero-order valence-corrected chi connectivity index (χ0v) is 11.0. The normalized spacial score (nSPS) is 35.4. The van der Waals surface area contributed by atoms with E-state index in [-0.39, 0.29) is 18.1 Å². The first-order chi connectivity index (χ1) is 8.04. The lowest BCUT2D eigenvalue weighted by atomic mass is 9.82. The van der Waals surface area contributed by atoms with Gasteiger partial charge in [-0.25, -0.2) is 0 Å². The SMILES string of the molecule is CC1CC(C)CC(OC(=O)CC(N)C2CC2)C1. The quantitative estimate of drug-likeness (QED) is 0.767. The maximum atomic E-state index is 11.8. The molecule has 98 valence electrons. The predicted octanol–water partition coefficient (Wildman–Crippen LogP) is 2.48. The standard InChI is InChI=1S/C14H25NO2/c1-9-5-10(2)7-12(6-9)17-14(16)8-13(15)11-3-4-11/h9-13H,3-8,15H2,1-2H3. The van der Waals surface area contributed by atoms with Gasteiger partial charge in [-0.2, -0.15) is 0 Å². The van der Waals surface area contributed by atoms with Crippen molar-refractivity contribution < 1.29 is 9.53 Å². The Kier molecular flexibility index (Phi) is 4.08. The third-order valence-electron chi connectivity index (χ3n) is 4.06. The fraction of sp³-hybridized carbons (Fsp3) is 0.929. The van der Waals surface area contributed by atoms with Gasteiger partial charge < -0.3 is 10.5 Å². The summed E-state index contributed by atoms with van der Waals surface area (Å²) in [6.07, 6.45) is 6.22. The molecule has 2 aliphatic rings. The van der Waals surface area contributed by atoms with Gasteiger partial charge in [0.05, 0.1) is 6.42 Å². The molecule has 2 saturated carbocycles. The summed E-state index contributed by atoms with van der Waals surface area (Å²) in [5.74, 6) is 1.84. The Bertz CT molecular complexity index is 265. The van der Waals surface area contributed by atoms with Crippen LogP contribution in [-0.4, -0.2) is 18.1 Å². The summed E-state index contributed by atoms with van der Waals surface area (Å²) in [6, 6.07) is 0.0286. The van der Waals surface area contributed by atoms with Crippen molar-refractivity contribution in [1.29, 1.82) is 0 Å². The molecule has 3 unspecified atom stereocenters. The summed E-state index contributed by atoms with van der Waals surface area (Å²) < 4.78 is 5.56. The lowest BCUT2D eigenvalue weighted by molar-refractivity contribution is -0.152. The number of ether oxygens (including phenoxy) is 1. The van der Waals surface area contributed by atoms with Gasteiger partial charge in [0.25, 0.3) is 0 Å². The van der Waals surface area contributed by atoms with Gasteiger partial charge in [0, 0.05) is 6.04 Å². The maximum absolute atomic E-state index is 11.8. The molecule has 0 aromatic heterocycles. The Morgan fingerprint density at radius 2 is 1.82 bits per heavy atom. The van der Waals surface area contributed by atoms with E-state index in [9.17, 15) is 4.79 Å². The molecule has 0 spiro atoms. The Labute approximate surface area is 104 Å².